The van der Waals surface area contributed by atoms with E-state index in [2.05, 4.69) is 27.5 Å². The topological polar surface area (TPSA) is 61.3 Å². The van der Waals surface area contributed by atoms with Crippen molar-refractivity contribution in [2.75, 3.05) is 25.5 Å². The molecule has 2 aromatic rings. The van der Waals surface area contributed by atoms with Gasteiger partial charge in [0.1, 0.15) is 5.69 Å². The number of nitrogens with zero attached hydrogens (tertiary/aromatic N) is 3. The zero-order valence-corrected chi connectivity index (χ0v) is 15.4. The number of likely N-dealkylation sites (tertiary alicyclic amines) is 1. The summed E-state index contributed by atoms with van der Waals surface area (Å²) in [6.07, 6.45) is 5.95. The smallest absolute Gasteiger partial charge is 0.201 e. The predicted octanol–water partition coefficient (Wildman–Crippen LogP) is 3.51. The SMILES string of the molecule is CN1CCCC(Nc2nnc(-c3ccc(F)c(F)c3O)c3c2CCCC3)C1. The highest BCUT2D eigenvalue weighted by Gasteiger charge is 2.26. The molecule has 1 atom stereocenters. The van der Waals surface area contributed by atoms with Crippen LogP contribution in [0, 0.1) is 11.6 Å². The summed E-state index contributed by atoms with van der Waals surface area (Å²) >= 11 is 0. The van der Waals surface area contributed by atoms with Crippen LogP contribution in [0.3, 0.4) is 0 Å². The maximum absolute atomic E-state index is 13.8. The highest BCUT2D eigenvalue weighted by molar-refractivity contribution is 5.72. The van der Waals surface area contributed by atoms with Crippen LogP contribution in [0.2, 0.25) is 0 Å². The number of aromatic hydroxyl groups is 1. The standard InChI is InChI=1S/C20H24F2N4O/c1-26-10-4-5-12(11-26)23-20-14-7-3-2-6-13(14)18(24-25-20)15-8-9-16(21)17(22)19(15)27/h8-9,12,27H,2-7,10-11H2,1H3,(H,23,25). The predicted molar refractivity (Wildman–Crippen MR) is 99.8 cm³/mol. The average Bonchev–Trinajstić information content (AvgIpc) is 2.67. The molecule has 0 radical (unpaired) electrons. The monoisotopic (exact) mass is 374 g/mol. The second-order valence-electron chi connectivity index (χ2n) is 7.56. The van der Waals surface area contributed by atoms with Crippen LogP contribution in [0.5, 0.6) is 5.75 Å². The Hall–Kier alpha value is -2.28. The number of anilines is 1. The van der Waals surface area contributed by atoms with Gasteiger partial charge in [0.2, 0.25) is 5.82 Å². The number of hydrogen-bond acceptors (Lipinski definition) is 5. The molecule has 1 aliphatic carbocycles. The van der Waals surface area contributed by atoms with Crippen molar-refractivity contribution >= 4 is 5.82 Å². The first-order chi connectivity index (χ1) is 13.0. The quantitative estimate of drug-likeness (QED) is 0.861. The molecular weight excluding hydrogens is 350 g/mol. The van der Waals surface area contributed by atoms with E-state index in [0.29, 0.717) is 11.7 Å². The fourth-order valence-corrected chi connectivity index (χ4v) is 4.19. The molecule has 4 rings (SSSR count). The number of hydrogen-bond donors (Lipinski definition) is 2. The Morgan fingerprint density at radius 1 is 1.11 bits per heavy atom. The summed E-state index contributed by atoms with van der Waals surface area (Å²) in [6.45, 7) is 2.07. The molecule has 1 aliphatic heterocycles. The molecule has 2 aliphatic rings. The van der Waals surface area contributed by atoms with Crippen molar-refractivity contribution in [1.29, 1.82) is 0 Å². The number of likely N-dealkylation sites (N-methyl/N-ethyl adjacent to an activating group) is 1. The van der Waals surface area contributed by atoms with Crippen LogP contribution in [-0.2, 0) is 12.8 Å². The summed E-state index contributed by atoms with van der Waals surface area (Å²) in [4.78, 5) is 2.30. The molecule has 0 spiro atoms. The van der Waals surface area contributed by atoms with Crippen molar-refractivity contribution in [3.05, 3.63) is 34.9 Å². The first kappa shape index (κ1) is 18.1. The average molecular weight is 374 g/mol. The Morgan fingerprint density at radius 3 is 2.67 bits per heavy atom. The van der Waals surface area contributed by atoms with Crippen LogP contribution in [0.15, 0.2) is 12.1 Å². The van der Waals surface area contributed by atoms with Gasteiger partial charge in [-0.25, -0.2) is 4.39 Å². The van der Waals surface area contributed by atoms with E-state index in [1.54, 1.807) is 0 Å². The maximum Gasteiger partial charge on any atom is 0.201 e. The van der Waals surface area contributed by atoms with Gasteiger partial charge in [-0.1, -0.05) is 0 Å². The molecule has 144 valence electrons. The van der Waals surface area contributed by atoms with Gasteiger partial charge in [-0.3, -0.25) is 0 Å². The molecule has 0 bridgehead atoms. The molecule has 1 unspecified atom stereocenters. The zero-order chi connectivity index (χ0) is 19.0. The number of aromatic nitrogens is 2. The van der Waals surface area contributed by atoms with Crippen molar-refractivity contribution in [2.45, 2.75) is 44.6 Å². The summed E-state index contributed by atoms with van der Waals surface area (Å²) in [5.41, 5.74) is 2.71. The fraction of sp³-hybridized carbons (Fsp3) is 0.500. The Morgan fingerprint density at radius 2 is 1.89 bits per heavy atom. The van der Waals surface area contributed by atoms with Crippen molar-refractivity contribution < 1.29 is 13.9 Å². The molecule has 1 saturated heterocycles. The summed E-state index contributed by atoms with van der Waals surface area (Å²) in [5, 5.41) is 22.3. The van der Waals surface area contributed by atoms with E-state index in [1.807, 2.05) is 0 Å². The van der Waals surface area contributed by atoms with Gasteiger partial charge in [0.05, 0.1) is 0 Å². The van der Waals surface area contributed by atoms with Gasteiger partial charge in [0, 0.05) is 23.7 Å². The van der Waals surface area contributed by atoms with Crippen LogP contribution in [0.4, 0.5) is 14.6 Å². The lowest BCUT2D eigenvalue weighted by atomic mass is 9.88. The zero-order valence-electron chi connectivity index (χ0n) is 15.4. The van der Waals surface area contributed by atoms with Gasteiger partial charge >= 0.3 is 0 Å². The second-order valence-corrected chi connectivity index (χ2v) is 7.56. The minimum Gasteiger partial charge on any atom is -0.504 e. The molecule has 27 heavy (non-hydrogen) atoms. The van der Waals surface area contributed by atoms with E-state index in [0.717, 1.165) is 74.6 Å². The molecule has 1 aromatic heterocycles. The fourth-order valence-electron chi connectivity index (χ4n) is 4.19. The molecule has 0 amide bonds. The first-order valence-electron chi connectivity index (χ1n) is 9.55. The van der Waals surface area contributed by atoms with Crippen molar-refractivity contribution in [3.8, 4) is 17.0 Å². The molecule has 7 heteroatoms. The van der Waals surface area contributed by atoms with E-state index < -0.39 is 17.4 Å². The number of phenolic OH excluding ortho intramolecular Hbond substituents is 1. The van der Waals surface area contributed by atoms with Crippen LogP contribution in [-0.4, -0.2) is 46.4 Å². The number of halogens is 2. The van der Waals surface area contributed by atoms with Crippen molar-refractivity contribution in [3.63, 3.8) is 0 Å². The molecule has 1 aromatic carbocycles. The summed E-state index contributed by atoms with van der Waals surface area (Å²) in [6, 6.07) is 2.72. The summed E-state index contributed by atoms with van der Waals surface area (Å²) < 4.78 is 27.2. The van der Waals surface area contributed by atoms with Crippen LogP contribution in [0.25, 0.3) is 11.3 Å². The highest BCUT2D eigenvalue weighted by atomic mass is 19.2. The first-order valence-corrected chi connectivity index (χ1v) is 9.55. The molecule has 0 saturated carbocycles. The van der Waals surface area contributed by atoms with Crippen LogP contribution in [0.1, 0.15) is 36.8 Å². The van der Waals surface area contributed by atoms with E-state index in [1.165, 1.54) is 6.07 Å². The number of rotatable bonds is 3. The lowest BCUT2D eigenvalue weighted by Crippen LogP contribution is -2.40. The number of phenols is 1. The largest absolute Gasteiger partial charge is 0.504 e. The third-order valence-corrected chi connectivity index (χ3v) is 5.58. The molecule has 2 N–H and O–H groups in total. The van der Waals surface area contributed by atoms with E-state index in [9.17, 15) is 13.9 Å². The van der Waals surface area contributed by atoms with Crippen LogP contribution >= 0.6 is 0 Å². The minimum absolute atomic E-state index is 0.198. The number of benzene rings is 1. The van der Waals surface area contributed by atoms with Gasteiger partial charge in [-0.15, -0.1) is 10.2 Å². The van der Waals surface area contributed by atoms with Crippen LogP contribution < -0.4 is 5.32 Å². The molecule has 1 fully saturated rings. The molecule has 2 heterocycles. The van der Waals surface area contributed by atoms with Gasteiger partial charge in [0.15, 0.2) is 17.4 Å². The Bertz CT molecular complexity index is 858. The summed E-state index contributed by atoms with van der Waals surface area (Å²) in [5.74, 6) is -2.23. The maximum atomic E-state index is 13.8. The Balaban J connectivity index is 1.72. The number of fused-ring (bicyclic) bond motifs is 1. The minimum atomic E-state index is -1.24. The number of nitrogens with one attached hydrogen (secondary N) is 1. The molecular formula is C20H24F2N4O. The van der Waals surface area contributed by atoms with E-state index in [4.69, 9.17) is 0 Å². The van der Waals surface area contributed by atoms with Gasteiger partial charge in [-0.05, 0) is 69.8 Å². The van der Waals surface area contributed by atoms with E-state index >= 15 is 0 Å². The lowest BCUT2D eigenvalue weighted by molar-refractivity contribution is 0.260. The Labute approximate surface area is 157 Å². The number of piperidine rings is 1. The lowest BCUT2D eigenvalue weighted by Gasteiger charge is -2.31. The van der Waals surface area contributed by atoms with E-state index in [-0.39, 0.29) is 5.56 Å². The van der Waals surface area contributed by atoms with Gasteiger partial charge in [0.25, 0.3) is 0 Å². The summed E-state index contributed by atoms with van der Waals surface area (Å²) in [7, 11) is 2.12. The van der Waals surface area contributed by atoms with Gasteiger partial charge < -0.3 is 15.3 Å². The Kier molecular flexibility index (Phi) is 4.95. The molecule has 5 nitrogen and oxygen atoms in total. The van der Waals surface area contributed by atoms with Crippen molar-refractivity contribution in [2.24, 2.45) is 0 Å². The second kappa shape index (κ2) is 7.38. The van der Waals surface area contributed by atoms with Gasteiger partial charge in [-0.2, -0.15) is 4.39 Å². The third-order valence-electron chi connectivity index (χ3n) is 5.58. The normalized spacial score (nSPS) is 20.3. The van der Waals surface area contributed by atoms with Crippen molar-refractivity contribution in [1.82, 2.24) is 15.1 Å². The third kappa shape index (κ3) is 3.48. The highest BCUT2D eigenvalue weighted by Crippen LogP contribution is 2.38.